The number of piperazine rings is 1. The van der Waals surface area contributed by atoms with Gasteiger partial charge < -0.3 is 15.1 Å². The summed E-state index contributed by atoms with van der Waals surface area (Å²) in [6, 6.07) is 0.445. The zero-order valence-electron chi connectivity index (χ0n) is 12.6. The van der Waals surface area contributed by atoms with E-state index in [1.165, 1.54) is 0 Å². The van der Waals surface area contributed by atoms with E-state index in [2.05, 4.69) is 29.1 Å². The first kappa shape index (κ1) is 14.8. The molecule has 5 nitrogen and oxygen atoms in total. The number of likely N-dealkylation sites (tertiary alicyclic amines) is 1. The van der Waals surface area contributed by atoms with Crippen molar-refractivity contribution in [1.29, 1.82) is 0 Å². The quantitative estimate of drug-likeness (QED) is 0.771. The first-order valence-electron chi connectivity index (χ1n) is 7.49. The van der Waals surface area contributed by atoms with Crippen LogP contribution in [0.4, 0.5) is 0 Å². The molecule has 0 bridgehead atoms. The Labute approximate surface area is 116 Å². The van der Waals surface area contributed by atoms with Gasteiger partial charge in [-0.1, -0.05) is 0 Å². The lowest BCUT2D eigenvalue weighted by Gasteiger charge is -2.39. The molecule has 19 heavy (non-hydrogen) atoms. The van der Waals surface area contributed by atoms with E-state index in [1.807, 2.05) is 11.9 Å². The summed E-state index contributed by atoms with van der Waals surface area (Å²) in [6.45, 7) is 8.21. The third-order valence-corrected chi connectivity index (χ3v) is 4.64. The molecule has 5 heteroatoms. The van der Waals surface area contributed by atoms with Crippen molar-refractivity contribution in [3.05, 3.63) is 0 Å². The summed E-state index contributed by atoms with van der Waals surface area (Å²) < 4.78 is 0. The van der Waals surface area contributed by atoms with Crippen LogP contribution in [0.15, 0.2) is 0 Å². The average molecular weight is 268 g/mol. The minimum absolute atomic E-state index is 0.0201. The Morgan fingerprint density at radius 2 is 1.79 bits per heavy atom. The lowest BCUT2D eigenvalue weighted by molar-refractivity contribution is -0.138. The Kier molecular flexibility index (Phi) is 5.19. The predicted octanol–water partition coefficient (Wildman–Crippen LogP) is -0.167. The van der Waals surface area contributed by atoms with Crippen molar-refractivity contribution in [2.24, 2.45) is 0 Å². The van der Waals surface area contributed by atoms with Crippen molar-refractivity contribution in [2.75, 3.05) is 53.4 Å². The van der Waals surface area contributed by atoms with Crippen LogP contribution in [0.25, 0.3) is 0 Å². The summed E-state index contributed by atoms with van der Waals surface area (Å²) in [7, 11) is 4.14. The highest BCUT2D eigenvalue weighted by molar-refractivity contribution is 5.81. The molecule has 1 N–H and O–H groups in total. The second-order valence-corrected chi connectivity index (χ2v) is 5.95. The van der Waals surface area contributed by atoms with Crippen LogP contribution in [-0.4, -0.2) is 86.1 Å². The van der Waals surface area contributed by atoms with Gasteiger partial charge in [0.05, 0.1) is 6.04 Å². The molecule has 2 saturated heterocycles. The van der Waals surface area contributed by atoms with Crippen molar-refractivity contribution in [2.45, 2.75) is 31.8 Å². The lowest BCUT2D eigenvalue weighted by Crippen LogP contribution is -2.55. The van der Waals surface area contributed by atoms with E-state index in [0.717, 1.165) is 52.1 Å². The highest BCUT2D eigenvalue weighted by Gasteiger charge is 2.30. The molecule has 2 heterocycles. The SMILES string of the molecule is CC(C(=O)N(C)C1CCN(C)CC1)N1CCNCC1. The first-order valence-corrected chi connectivity index (χ1v) is 7.49. The molecule has 1 amide bonds. The molecule has 0 aromatic carbocycles. The van der Waals surface area contributed by atoms with Crippen molar-refractivity contribution in [1.82, 2.24) is 20.0 Å². The van der Waals surface area contributed by atoms with Crippen LogP contribution in [0.3, 0.4) is 0 Å². The Hall–Kier alpha value is -0.650. The number of piperidine rings is 1. The van der Waals surface area contributed by atoms with Crippen molar-refractivity contribution >= 4 is 5.91 Å². The number of carbonyl (C=O) groups excluding carboxylic acids is 1. The van der Waals surface area contributed by atoms with Gasteiger partial charge in [-0.05, 0) is 39.9 Å². The van der Waals surface area contributed by atoms with E-state index >= 15 is 0 Å². The van der Waals surface area contributed by atoms with Gasteiger partial charge in [-0.2, -0.15) is 0 Å². The van der Waals surface area contributed by atoms with Crippen LogP contribution in [0.1, 0.15) is 19.8 Å². The molecule has 0 saturated carbocycles. The first-order chi connectivity index (χ1) is 9.09. The fourth-order valence-electron chi connectivity index (χ4n) is 3.08. The Balaban J connectivity index is 1.86. The van der Waals surface area contributed by atoms with Gasteiger partial charge in [0.25, 0.3) is 0 Å². The van der Waals surface area contributed by atoms with Gasteiger partial charge >= 0.3 is 0 Å². The summed E-state index contributed by atoms with van der Waals surface area (Å²) in [5.74, 6) is 0.288. The van der Waals surface area contributed by atoms with E-state index in [1.54, 1.807) is 0 Å². The summed E-state index contributed by atoms with van der Waals surface area (Å²) in [4.78, 5) is 19.2. The van der Waals surface area contributed by atoms with Gasteiger partial charge in [0.15, 0.2) is 0 Å². The fraction of sp³-hybridized carbons (Fsp3) is 0.929. The molecule has 2 rings (SSSR count). The molecular formula is C14H28N4O. The Morgan fingerprint density at radius 1 is 1.21 bits per heavy atom. The molecule has 1 unspecified atom stereocenters. The van der Waals surface area contributed by atoms with Crippen molar-refractivity contribution in [3.63, 3.8) is 0 Å². The normalized spacial score (nSPS) is 25.2. The molecule has 0 aliphatic carbocycles. The number of nitrogens with zero attached hydrogens (tertiary/aromatic N) is 3. The van der Waals surface area contributed by atoms with Gasteiger partial charge in [0.2, 0.25) is 5.91 Å². The highest BCUT2D eigenvalue weighted by Crippen LogP contribution is 2.16. The van der Waals surface area contributed by atoms with Crippen molar-refractivity contribution < 1.29 is 4.79 Å². The summed E-state index contributed by atoms with van der Waals surface area (Å²) in [6.07, 6.45) is 2.21. The zero-order valence-corrected chi connectivity index (χ0v) is 12.6. The maximum absolute atomic E-state index is 12.6. The number of nitrogens with one attached hydrogen (secondary N) is 1. The number of likely N-dealkylation sites (N-methyl/N-ethyl adjacent to an activating group) is 1. The molecule has 0 radical (unpaired) electrons. The number of hydrogen-bond acceptors (Lipinski definition) is 4. The number of carbonyl (C=O) groups is 1. The molecule has 0 aromatic rings. The number of rotatable bonds is 3. The molecule has 2 aliphatic rings. The lowest BCUT2D eigenvalue weighted by atomic mass is 10.0. The Bertz CT molecular complexity index is 296. The fourth-order valence-corrected chi connectivity index (χ4v) is 3.08. The highest BCUT2D eigenvalue weighted by atomic mass is 16.2. The smallest absolute Gasteiger partial charge is 0.239 e. The third-order valence-electron chi connectivity index (χ3n) is 4.64. The molecule has 1 atom stereocenters. The largest absolute Gasteiger partial charge is 0.341 e. The second kappa shape index (κ2) is 6.68. The topological polar surface area (TPSA) is 38.8 Å². The molecule has 0 spiro atoms. The standard InChI is InChI=1S/C14H28N4O/c1-12(18-10-6-15-7-11-18)14(19)17(3)13-4-8-16(2)9-5-13/h12-13,15H,4-11H2,1-3H3. The van der Waals surface area contributed by atoms with Crippen LogP contribution in [0.5, 0.6) is 0 Å². The third kappa shape index (κ3) is 3.68. The minimum Gasteiger partial charge on any atom is -0.341 e. The molecule has 110 valence electrons. The monoisotopic (exact) mass is 268 g/mol. The molecule has 2 fully saturated rings. The number of amides is 1. The van der Waals surface area contributed by atoms with Gasteiger partial charge in [0, 0.05) is 39.3 Å². The Morgan fingerprint density at radius 3 is 2.37 bits per heavy atom. The van der Waals surface area contributed by atoms with Crippen molar-refractivity contribution in [3.8, 4) is 0 Å². The van der Waals surface area contributed by atoms with Crippen LogP contribution >= 0.6 is 0 Å². The molecular weight excluding hydrogens is 240 g/mol. The summed E-state index contributed by atoms with van der Waals surface area (Å²) in [5.41, 5.74) is 0. The predicted molar refractivity (Wildman–Crippen MR) is 77.2 cm³/mol. The minimum atomic E-state index is 0.0201. The van der Waals surface area contributed by atoms with Gasteiger partial charge in [-0.3, -0.25) is 9.69 Å². The summed E-state index contributed by atoms with van der Waals surface area (Å²) in [5, 5.41) is 3.33. The van der Waals surface area contributed by atoms with Gasteiger partial charge in [0.1, 0.15) is 0 Å². The number of hydrogen-bond donors (Lipinski definition) is 1. The second-order valence-electron chi connectivity index (χ2n) is 5.95. The maximum Gasteiger partial charge on any atom is 0.239 e. The van der Waals surface area contributed by atoms with Gasteiger partial charge in [-0.25, -0.2) is 0 Å². The molecule has 2 aliphatic heterocycles. The van der Waals surface area contributed by atoms with Crippen LogP contribution in [0.2, 0.25) is 0 Å². The zero-order chi connectivity index (χ0) is 13.8. The van der Waals surface area contributed by atoms with E-state index in [4.69, 9.17) is 0 Å². The maximum atomic E-state index is 12.6. The average Bonchev–Trinajstić information content (AvgIpc) is 2.46. The van der Waals surface area contributed by atoms with Crippen LogP contribution < -0.4 is 5.32 Å². The van der Waals surface area contributed by atoms with E-state index < -0.39 is 0 Å². The van der Waals surface area contributed by atoms with E-state index in [9.17, 15) is 4.79 Å². The summed E-state index contributed by atoms with van der Waals surface area (Å²) >= 11 is 0. The van der Waals surface area contributed by atoms with Gasteiger partial charge in [-0.15, -0.1) is 0 Å². The van der Waals surface area contributed by atoms with Crippen LogP contribution in [-0.2, 0) is 4.79 Å². The van der Waals surface area contributed by atoms with E-state index in [0.29, 0.717) is 6.04 Å². The van der Waals surface area contributed by atoms with E-state index in [-0.39, 0.29) is 11.9 Å². The van der Waals surface area contributed by atoms with Crippen LogP contribution in [0, 0.1) is 0 Å². The molecule has 0 aromatic heterocycles.